The summed E-state index contributed by atoms with van der Waals surface area (Å²) in [4.78, 5) is 0. The van der Waals surface area contributed by atoms with Gasteiger partial charge in [-0.05, 0) is 19.3 Å². The van der Waals surface area contributed by atoms with Gasteiger partial charge in [0.05, 0.1) is 19.8 Å². The molecule has 0 saturated heterocycles. The Morgan fingerprint density at radius 2 is 1.16 bits per heavy atom. The summed E-state index contributed by atoms with van der Waals surface area (Å²) in [5, 5.41) is 0. The summed E-state index contributed by atoms with van der Waals surface area (Å²) in [6.07, 6.45) is 6.23. The third kappa shape index (κ3) is 9.50. The van der Waals surface area contributed by atoms with Crippen LogP contribution in [0.5, 0.6) is 0 Å². The fraction of sp³-hybridized carbons (Fsp3) is 1.00. The smallest absolute Gasteiger partial charge is 0.294 e. The topological polar surface area (TPSA) is 44.8 Å². The Kier molecular flexibility index (Phi) is 13.0. The van der Waals surface area contributed by atoms with Crippen molar-refractivity contribution in [3.63, 3.8) is 0 Å². The molecule has 0 aliphatic carbocycles. The molecule has 0 heterocycles. The monoisotopic (exact) mass is 292 g/mol. The van der Waals surface area contributed by atoms with E-state index in [4.69, 9.17) is 14.2 Å². The molecule has 0 unspecified atom stereocenters. The van der Waals surface area contributed by atoms with E-state index in [2.05, 4.69) is 20.8 Å². The largest absolute Gasteiger partial charge is 0.327 e. The van der Waals surface area contributed by atoms with Crippen LogP contribution in [0.3, 0.4) is 0 Å². The maximum Gasteiger partial charge on any atom is 0.294 e. The molecule has 0 aromatic rings. The number of ether oxygens (including phenoxy) is 3. The lowest BCUT2D eigenvalue weighted by Gasteiger charge is -2.31. The van der Waals surface area contributed by atoms with E-state index in [0.29, 0.717) is 19.8 Å². The van der Waals surface area contributed by atoms with Crippen molar-refractivity contribution in [2.24, 2.45) is 0 Å². The third-order valence-electron chi connectivity index (χ3n) is 2.72. The number of rotatable bonds is 14. The summed E-state index contributed by atoms with van der Waals surface area (Å²) in [6.45, 7) is 8.03. The van der Waals surface area contributed by atoms with Crippen molar-refractivity contribution < 1.29 is 18.8 Å². The first-order valence-electron chi connectivity index (χ1n) is 7.45. The predicted molar refractivity (Wildman–Crippen MR) is 77.8 cm³/mol. The van der Waals surface area contributed by atoms with Crippen LogP contribution in [0.25, 0.3) is 0 Å². The van der Waals surface area contributed by atoms with Crippen molar-refractivity contribution in [1.82, 2.24) is 0 Å². The molecule has 0 atom stereocenters. The predicted octanol–water partition coefficient (Wildman–Crippen LogP) is 4.38. The van der Waals surface area contributed by atoms with Crippen molar-refractivity contribution in [3.05, 3.63) is 0 Å². The van der Waals surface area contributed by atoms with Crippen LogP contribution in [0.15, 0.2) is 0 Å². The fourth-order valence-corrected chi connectivity index (χ4v) is 1.89. The van der Waals surface area contributed by atoms with Gasteiger partial charge in [-0.2, -0.15) is 0 Å². The molecule has 0 spiro atoms. The van der Waals surface area contributed by atoms with Gasteiger partial charge in [-0.15, -0.1) is 0 Å². The molecule has 0 N–H and O–H groups in total. The molecule has 19 heavy (non-hydrogen) atoms. The summed E-state index contributed by atoms with van der Waals surface area (Å²) >= 11 is 0. The van der Waals surface area contributed by atoms with Crippen LogP contribution < -0.4 is 0 Å². The van der Waals surface area contributed by atoms with E-state index in [1.807, 2.05) is 0 Å². The van der Waals surface area contributed by atoms with Crippen LogP contribution in [-0.4, -0.2) is 32.0 Å². The highest BCUT2D eigenvalue weighted by Gasteiger charge is 2.33. The number of hydrogen-bond acceptors (Lipinski definition) is 4. The lowest BCUT2D eigenvalue weighted by Crippen LogP contribution is -2.42. The molecule has 0 saturated carbocycles. The van der Waals surface area contributed by atoms with Crippen LogP contribution in [0.1, 0.15) is 59.3 Å². The lowest BCUT2D eigenvalue weighted by atomic mass is 10.3. The molecule has 0 amide bonds. The number of hydrogen-bond donors (Lipinski definition) is 0. The Hall–Kier alpha value is -0.0200. The fourth-order valence-electron chi connectivity index (χ4n) is 1.46. The SMILES string of the molecule is CCCCOC(CP=O)(OCCCC)OCCCC. The maximum atomic E-state index is 11.0. The first-order valence-corrected chi connectivity index (χ1v) is 8.45. The molecule has 4 nitrogen and oxygen atoms in total. The van der Waals surface area contributed by atoms with Gasteiger partial charge in [-0.1, -0.05) is 40.0 Å². The third-order valence-corrected chi connectivity index (χ3v) is 3.23. The molecule has 0 aromatic carbocycles. The van der Waals surface area contributed by atoms with Gasteiger partial charge in [0.1, 0.15) is 6.16 Å². The summed E-state index contributed by atoms with van der Waals surface area (Å²) in [5.41, 5.74) is 0. The Balaban J connectivity index is 4.42. The van der Waals surface area contributed by atoms with E-state index in [1.165, 1.54) is 0 Å². The minimum Gasteiger partial charge on any atom is -0.327 e. The van der Waals surface area contributed by atoms with E-state index in [9.17, 15) is 4.57 Å². The Bertz CT molecular complexity index is 185. The second-order valence-electron chi connectivity index (χ2n) is 4.58. The van der Waals surface area contributed by atoms with Crippen molar-refractivity contribution in [2.75, 3.05) is 26.0 Å². The van der Waals surface area contributed by atoms with Crippen LogP contribution in [-0.2, 0) is 18.8 Å². The Morgan fingerprint density at radius 3 is 1.42 bits per heavy atom. The first-order chi connectivity index (χ1) is 9.24. The average molecular weight is 292 g/mol. The minimum absolute atomic E-state index is 0.0112. The van der Waals surface area contributed by atoms with Gasteiger partial charge in [0.25, 0.3) is 5.97 Å². The minimum atomic E-state index is -1.12. The highest BCUT2D eigenvalue weighted by molar-refractivity contribution is 7.23. The molecular weight excluding hydrogens is 263 g/mol. The van der Waals surface area contributed by atoms with Crippen molar-refractivity contribution in [1.29, 1.82) is 0 Å². The second kappa shape index (κ2) is 13.0. The molecule has 0 aromatic heterocycles. The summed E-state index contributed by atoms with van der Waals surface area (Å²) in [5.74, 6) is -1.12. The van der Waals surface area contributed by atoms with Crippen LogP contribution in [0.4, 0.5) is 0 Å². The molecule has 114 valence electrons. The molecule has 0 aliphatic heterocycles. The van der Waals surface area contributed by atoms with E-state index < -0.39 is 5.97 Å². The zero-order chi connectivity index (χ0) is 14.4. The van der Waals surface area contributed by atoms with Gasteiger partial charge in [-0.3, -0.25) is 4.57 Å². The zero-order valence-electron chi connectivity index (χ0n) is 12.7. The molecule has 0 fully saturated rings. The van der Waals surface area contributed by atoms with Crippen LogP contribution in [0.2, 0.25) is 0 Å². The molecule has 5 heteroatoms. The van der Waals surface area contributed by atoms with Crippen molar-refractivity contribution in [3.8, 4) is 0 Å². The van der Waals surface area contributed by atoms with Crippen molar-refractivity contribution in [2.45, 2.75) is 65.3 Å². The van der Waals surface area contributed by atoms with Gasteiger partial charge >= 0.3 is 0 Å². The van der Waals surface area contributed by atoms with E-state index >= 15 is 0 Å². The van der Waals surface area contributed by atoms with Crippen molar-refractivity contribution >= 4 is 8.46 Å². The average Bonchev–Trinajstić information content (AvgIpc) is 2.40. The lowest BCUT2D eigenvalue weighted by molar-refractivity contribution is -0.367. The van der Waals surface area contributed by atoms with E-state index in [1.54, 1.807) is 0 Å². The standard InChI is InChI=1S/C14H29O4P/c1-4-7-10-16-14(13-19-15,17-11-8-5-2)18-12-9-6-3/h4-13H2,1-3H3. The van der Waals surface area contributed by atoms with Crippen LogP contribution in [0, 0.1) is 0 Å². The Morgan fingerprint density at radius 1 is 0.789 bits per heavy atom. The second-order valence-corrected chi connectivity index (χ2v) is 5.15. The maximum absolute atomic E-state index is 11.0. The molecule has 0 rings (SSSR count). The summed E-state index contributed by atoms with van der Waals surface area (Å²) in [7, 11) is -0.0112. The number of unbranched alkanes of at least 4 members (excludes halogenated alkanes) is 3. The van der Waals surface area contributed by atoms with Gasteiger partial charge in [0.2, 0.25) is 0 Å². The summed E-state index contributed by atoms with van der Waals surface area (Å²) in [6, 6.07) is 0. The van der Waals surface area contributed by atoms with E-state index in [-0.39, 0.29) is 14.6 Å². The Labute approximate surface area is 119 Å². The highest BCUT2D eigenvalue weighted by atomic mass is 31.1. The van der Waals surface area contributed by atoms with Gasteiger partial charge < -0.3 is 14.2 Å². The molecule has 0 radical (unpaired) electrons. The molecule has 0 aliphatic rings. The molecule has 0 bridgehead atoms. The van der Waals surface area contributed by atoms with E-state index in [0.717, 1.165) is 38.5 Å². The quantitative estimate of drug-likeness (QED) is 0.271. The molecular formula is C14H29O4P. The normalized spacial score (nSPS) is 12.2. The first kappa shape index (κ1) is 19.0. The zero-order valence-corrected chi connectivity index (χ0v) is 13.5. The summed E-state index contributed by atoms with van der Waals surface area (Å²) < 4.78 is 28.2. The van der Waals surface area contributed by atoms with Gasteiger partial charge in [-0.25, -0.2) is 0 Å². The van der Waals surface area contributed by atoms with Gasteiger partial charge in [0.15, 0.2) is 8.46 Å². The highest BCUT2D eigenvalue weighted by Crippen LogP contribution is 2.22. The van der Waals surface area contributed by atoms with Gasteiger partial charge in [0, 0.05) is 0 Å². The van der Waals surface area contributed by atoms with Crippen LogP contribution >= 0.6 is 8.46 Å².